The number of piperazine rings is 1. The maximum atomic E-state index is 12.4. The molecule has 1 amide bonds. The lowest BCUT2D eigenvalue weighted by Crippen LogP contribution is -2.46. The van der Waals surface area contributed by atoms with Crippen LogP contribution < -0.4 is 10.6 Å². The Morgan fingerprint density at radius 2 is 2.05 bits per heavy atom. The first-order valence-electron chi connectivity index (χ1n) is 8.22. The second-order valence-corrected chi connectivity index (χ2v) is 6.79. The number of nitrogens with zero attached hydrogens (tertiary/aromatic N) is 3. The Kier molecular flexibility index (Phi) is 5.58. The lowest BCUT2D eigenvalue weighted by atomic mass is 10.1. The molecular weight excluding hydrogens is 278 g/mol. The maximum Gasteiger partial charge on any atom is 0.254 e. The molecule has 1 aromatic heterocycles. The first-order chi connectivity index (χ1) is 10.4. The van der Waals surface area contributed by atoms with Gasteiger partial charge >= 0.3 is 0 Å². The number of amides is 1. The van der Waals surface area contributed by atoms with E-state index in [0.29, 0.717) is 12.1 Å². The number of carbonyl (C=O) groups excluding carboxylic acids is 1. The van der Waals surface area contributed by atoms with E-state index in [1.54, 1.807) is 6.20 Å². The Morgan fingerprint density at radius 3 is 2.64 bits per heavy atom. The van der Waals surface area contributed by atoms with Gasteiger partial charge in [-0.15, -0.1) is 0 Å². The van der Waals surface area contributed by atoms with Crippen LogP contribution in [0.5, 0.6) is 0 Å². The first kappa shape index (κ1) is 17.0. The molecule has 0 radical (unpaired) electrons. The minimum atomic E-state index is -0.106. The highest BCUT2D eigenvalue weighted by atomic mass is 16.1. The Labute approximate surface area is 133 Å². The molecule has 2 rings (SSSR count). The molecule has 124 valence electrons. The third-order valence-corrected chi connectivity index (χ3v) is 4.01. The summed E-state index contributed by atoms with van der Waals surface area (Å²) in [5, 5.41) is 10.8. The van der Waals surface area contributed by atoms with Crippen LogP contribution in [0.2, 0.25) is 0 Å². The molecule has 0 aliphatic carbocycles. The Bertz CT molecular complexity index is 497. The summed E-state index contributed by atoms with van der Waals surface area (Å²) >= 11 is 0. The van der Waals surface area contributed by atoms with E-state index in [1.165, 1.54) is 0 Å². The van der Waals surface area contributed by atoms with Gasteiger partial charge in [0.05, 0.1) is 23.0 Å². The molecule has 0 aromatic carbocycles. The lowest BCUT2D eigenvalue weighted by Gasteiger charge is -2.27. The van der Waals surface area contributed by atoms with Crippen LogP contribution in [0.4, 0.5) is 0 Å². The van der Waals surface area contributed by atoms with Crippen molar-refractivity contribution in [2.45, 2.75) is 39.7 Å². The average Bonchev–Trinajstić information content (AvgIpc) is 2.92. The Balaban J connectivity index is 1.93. The fraction of sp³-hybridized carbons (Fsp3) is 0.750. The molecule has 1 fully saturated rings. The predicted molar refractivity (Wildman–Crippen MR) is 88.2 cm³/mol. The van der Waals surface area contributed by atoms with E-state index in [0.717, 1.165) is 44.8 Å². The quantitative estimate of drug-likeness (QED) is 0.846. The number of aromatic nitrogens is 2. The van der Waals surface area contributed by atoms with E-state index >= 15 is 0 Å². The van der Waals surface area contributed by atoms with Gasteiger partial charge in [0.2, 0.25) is 0 Å². The monoisotopic (exact) mass is 307 g/mol. The van der Waals surface area contributed by atoms with Crippen molar-refractivity contribution >= 4 is 5.91 Å². The van der Waals surface area contributed by atoms with Gasteiger partial charge in [0.25, 0.3) is 5.91 Å². The van der Waals surface area contributed by atoms with Gasteiger partial charge in [-0.1, -0.05) is 6.92 Å². The molecule has 22 heavy (non-hydrogen) atoms. The van der Waals surface area contributed by atoms with Crippen LogP contribution in [0, 0.1) is 0 Å². The molecule has 0 saturated carbocycles. The van der Waals surface area contributed by atoms with Crippen LogP contribution in [0.25, 0.3) is 0 Å². The minimum Gasteiger partial charge on any atom is -0.351 e. The molecule has 0 spiro atoms. The molecule has 6 heteroatoms. The molecule has 2 heterocycles. The summed E-state index contributed by atoms with van der Waals surface area (Å²) in [6, 6.07) is 0. The van der Waals surface area contributed by atoms with E-state index in [4.69, 9.17) is 0 Å². The lowest BCUT2D eigenvalue weighted by molar-refractivity contribution is 0.0946. The van der Waals surface area contributed by atoms with Gasteiger partial charge in [0.1, 0.15) is 0 Å². The highest BCUT2D eigenvalue weighted by molar-refractivity contribution is 5.95. The van der Waals surface area contributed by atoms with Crippen molar-refractivity contribution in [3.63, 3.8) is 0 Å². The third-order valence-electron chi connectivity index (χ3n) is 4.01. The van der Waals surface area contributed by atoms with Crippen molar-refractivity contribution < 1.29 is 4.79 Å². The largest absolute Gasteiger partial charge is 0.351 e. The molecule has 1 aliphatic heterocycles. The molecule has 1 aliphatic rings. The summed E-state index contributed by atoms with van der Waals surface area (Å²) in [7, 11) is 0. The van der Waals surface area contributed by atoms with E-state index in [2.05, 4.69) is 48.3 Å². The summed E-state index contributed by atoms with van der Waals surface area (Å²) in [6.45, 7) is 14.1. The molecule has 1 aromatic rings. The summed E-state index contributed by atoms with van der Waals surface area (Å²) in [5.74, 6) is -0.0116. The zero-order valence-electron chi connectivity index (χ0n) is 14.3. The fourth-order valence-corrected chi connectivity index (χ4v) is 2.84. The van der Waals surface area contributed by atoms with E-state index < -0.39 is 0 Å². The number of hydrogen-bond acceptors (Lipinski definition) is 4. The first-order valence-corrected chi connectivity index (χ1v) is 8.22. The number of hydrogen-bond donors (Lipinski definition) is 2. The topological polar surface area (TPSA) is 62.2 Å². The van der Waals surface area contributed by atoms with Crippen molar-refractivity contribution in [1.29, 1.82) is 0 Å². The van der Waals surface area contributed by atoms with Crippen LogP contribution in [0.15, 0.2) is 6.20 Å². The summed E-state index contributed by atoms with van der Waals surface area (Å²) in [5.41, 5.74) is 1.61. The minimum absolute atomic E-state index is 0.0116. The van der Waals surface area contributed by atoms with Gasteiger partial charge in [-0.25, -0.2) is 0 Å². The van der Waals surface area contributed by atoms with Gasteiger partial charge in [0.15, 0.2) is 0 Å². The van der Waals surface area contributed by atoms with E-state index in [1.807, 2.05) is 4.68 Å². The van der Waals surface area contributed by atoms with Crippen molar-refractivity contribution in [2.24, 2.45) is 0 Å². The predicted octanol–water partition coefficient (Wildman–Crippen LogP) is 0.836. The smallest absolute Gasteiger partial charge is 0.254 e. The summed E-state index contributed by atoms with van der Waals surface area (Å²) in [6.07, 6.45) is 2.50. The van der Waals surface area contributed by atoms with Gasteiger partial charge in [0, 0.05) is 39.3 Å². The van der Waals surface area contributed by atoms with Crippen molar-refractivity contribution in [2.75, 3.05) is 39.3 Å². The van der Waals surface area contributed by atoms with Crippen LogP contribution in [0.1, 0.15) is 43.7 Å². The molecular formula is C16H29N5O. The highest BCUT2D eigenvalue weighted by Gasteiger charge is 2.23. The summed E-state index contributed by atoms with van der Waals surface area (Å²) < 4.78 is 1.96. The zero-order valence-corrected chi connectivity index (χ0v) is 14.3. The van der Waals surface area contributed by atoms with Crippen LogP contribution in [-0.2, 0) is 12.0 Å². The second kappa shape index (κ2) is 7.24. The number of carbonyl (C=O) groups is 1. The summed E-state index contributed by atoms with van der Waals surface area (Å²) in [4.78, 5) is 14.8. The fourth-order valence-electron chi connectivity index (χ4n) is 2.84. The standard InChI is InChI=1S/C16H29N5O/c1-5-14-13(12-19-21(14)16(2,3)4)15(22)18-8-11-20-9-6-17-7-10-20/h12,17H,5-11H2,1-4H3,(H,18,22). The van der Waals surface area contributed by atoms with Gasteiger partial charge in [-0.3, -0.25) is 14.4 Å². The molecule has 0 unspecified atom stereocenters. The van der Waals surface area contributed by atoms with Gasteiger partial charge in [-0.05, 0) is 27.2 Å². The number of rotatable bonds is 5. The highest BCUT2D eigenvalue weighted by Crippen LogP contribution is 2.19. The van der Waals surface area contributed by atoms with E-state index in [-0.39, 0.29) is 11.4 Å². The maximum absolute atomic E-state index is 12.4. The average molecular weight is 307 g/mol. The molecule has 0 atom stereocenters. The third kappa shape index (κ3) is 4.08. The molecule has 6 nitrogen and oxygen atoms in total. The molecule has 1 saturated heterocycles. The van der Waals surface area contributed by atoms with E-state index in [9.17, 15) is 4.79 Å². The van der Waals surface area contributed by atoms with Crippen LogP contribution >= 0.6 is 0 Å². The van der Waals surface area contributed by atoms with Crippen molar-refractivity contribution in [3.8, 4) is 0 Å². The van der Waals surface area contributed by atoms with Crippen LogP contribution in [0.3, 0.4) is 0 Å². The normalized spacial score (nSPS) is 16.7. The Hall–Kier alpha value is -1.40. The van der Waals surface area contributed by atoms with Gasteiger partial charge in [-0.2, -0.15) is 5.10 Å². The van der Waals surface area contributed by atoms with Crippen molar-refractivity contribution in [3.05, 3.63) is 17.5 Å². The SMILES string of the molecule is CCc1c(C(=O)NCCN2CCNCC2)cnn1C(C)(C)C. The second-order valence-electron chi connectivity index (χ2n) is 6.79. The van der Waals surface area contributed by atoms with Crippen LogP contribution in [-0.4, -0.2) is 59.9 Å². The zero-order chi connectivity index (χ0) is 16.2. The van der Waals surface area contributed by atoms with Crippen molar-refractivity contribution in [1.82, 2.24) is 25.3 Å². The molecule has 0 bridgehead atoms. The Morgan fingerprint density at radius 1 is 1.36 bits per heavy atom. The van der Waals surface area contributed by atoms with Gasteiger partial charge < -0.3 is 10.6 Å². The number of nitrogens with one attached hydrogen (secondary N) is 2. The molecule has 2 N–H and O–H groups in total.